The Balaban J connectivity index is 2.28. The number of ether oxygens (including phenoxy) is 1. The Morgan fingerprint density at radius 1 is 1.32 bits per heavy atom. The average Bonchev–Trinajstić information content (AvgIpc) is 2.93. The van der Waals surface area contributed by atoms with Gasteiger partial charge in [0.1, 0.15) is 21.8 Å². The largest absolute Gasteiger partial charge is 0.378 e. The van der Waals surface area contributed by atoms with Gasteiger partial charge in [0, 0.05) is 32.2 Å². The highest BCUT2D eigenvalue weighted by molar-refractivity contribution is 8.26. The highest BCUT2D eigenvalue weighted by Crippen LogP contribution is 2.35. The second-order valence-electron chi connectivity index (χ2n) is 6.65. The maximum absolute atomic E-state index is 13.0. The van der Waals surface area contributed by atoms with Gasteiger partial charge in [0.2, 0.25) is 0 Å². The lowest BCUT2D eigenvalue weighted by Gasteiger charge is -2.33. The van der Waals surface area contributed by atoms with E-state index in [1.165, 1.54) is 16.7 Å². The summed E-state index contributed by atoms with van der Waals surface area (Å²) in [6.45, 7) is 6.66. The predicted molar refractivity (Wildman–Crippen MR) is 114 cm³/mol. The summed E-state index contributed by atoms with van der Waals surface area (Å²) in [4.78, 5) is 29.6. The van der Waals surface area contributed by atoms with E-state index in [0.29, 0.717) is 47.6 Å². The van der Waals surface area contributed by atoms with Gasteiger partial charge in [0.05, 0.1) is 18.1 Å². The molecule has 0 atom stereocenters. The summed E-state index contributed by atoms with van der Waals surface area (Å²) in [5.41, 5.74) is 1.13. The van der Waals surface area contributed by atoms with Crippen molar-refractivity contribution in [3.05, 3.63) is 31.9 Å². The van der Waals surface area contributed by atoms with Crippen LogP contribution in [0.25, 0.3) is 6.08 Å². The van der Waals surface area contributed by atoms with Crippen LogP contribution < -0.4 is 10.5 Å². The minimum atomic E-state index is -0.288. The van der Waals surface area contributed by atoms with Crippen LogP contribution in [0, 0.1) is 18.3 Å². The molecule has 148 valence electrons. The molecular weight excluding hydrogens is 396 g/mol. The van der Waals surface area contributed by atoms with Crippen LogP contribution >= 0.6 is 24.0 Å². The summed E-state index contributed by atoms with van der Waals surface area (Å²) >= 11 is 6.47. The number of carbonyl (C=O) groups excluding carboxylic acids is 1. The lowest BCUT2D eigenvalue weighted by atomic mass is 10.0. The zero-order chi connectivity index (χ0) is 20.4. The van der Waals surface area contributed by atoms with E-state index in [1.807, 2.05) is 6.92 Å². The van der Waals surface area contributed by atoms with Gasteiger partial charge in [-0.2, -0.15) is 5.26 Å². The van der Waals surface area contributed by atoms with Crippen molar-refractivity contribution >= 4 is 46.1 Å². The summed E-state index contributed by atoms with van der Waals surface area (Å²) in [5, 5.41) is 9.60. The van der Waals surface area contributed by atoms with Crippen molar-refractivity contribution in [1.82, 2.24) is 9.47 Å². The van der Waals surface area contributed by atoms with Crippen LogP contribution in [0.15, 0.2) is 9.70 Å². The van der Waals surface area contributed by atoms with Crippen LogP contribution in [0.3, 0.4) is 0 Å². The fourth-order valence-electron chi connectivity index (χ4n) is 3.37. The normalized spacial score (nSPS) is 18.9. The first-order valence-corrected chi connectivity index (χ1v) is 10.3. The first kappa shape index (κ1) is 20.6. The van der Waals surface area contributed by atoms with E-state index in [-0.39, 0.29) is 17.0 Å². The van der Waals surface area contributed by atoms with Gasteiger partial charge >= 0.3 is 0 Å². The molecule has 1 aromatic rings. The highest BCUT2D eigenvalue weighted by atomic mass is 32.2. The first-order chi connectivity index (χ1) is 13.4. The maximum atomic E-state index is 13.0. The molecule has 2 aliphatic heterocycles. The number of morpholine rings is 1. The number of hydrogen-bond donors (Lipinski definition) is 0. The van der Waals surface area contributed by atoms with Crippen LogP contribution in [0.4, 0.5) is 5.82 Å². The number of aromatic nitrogens is 1. The zero-order valence-corrected chi connectivity index (χ0v) is 17.8. The number of thioether (sulfide) groups is 1. The summed E-state index contributed by atoms with van der Waals surface area (Å²) in [7, 11) is 1.65. The van der Waals surface area contributed by atoms with Gasteiger partial charge < -0.3 is 9.64 Å². The zero-order valence-electron chi connectivity index (χ0n) is 16.2. The van der Waals surface area contributed by atoms with E-state index in [9.17, 15) is 14.9 Å². The summed E-state index contributed by atoms with van der Waals surface area (Å²) in [5.74, 6) is 0.571. The first-order valence-electron chi connectivity index (χ1n) is 9.12. The Kier molecular flexibility index (Phi) is 6.23. The van der Waals surface area contributed by atoms with Gasteiger partial charge in [-0.25, -0.2) is 0 Å². The number of carbonyl (C=O) groups is 1. The standard InChI is InChI=1S/C19H22N4O3S2/c1-4-5-23-16(22-6-8-26-9-7-22)13(12(2)14(11-20)17(23)24)10-15-18(25)21(3)19(27)28-15/h10H,4-9H2,1-3H3/b15-10+. The summed E-state index contributed by atoms with van der Waals surface area (Å²) < 4.78 is 7.62. The van der Waals surface area contributed by atoms with Gasteiger partial charge in [-0.15, -0.1) is 0 Å². The molecule has 28 heavy (non-hydrogen) atoms. The number of likely N-dealkylation sites (N-methyl/N-ethyl adjacent to an activating group) is 1. The topological polar surface area (TPSA) is 78.6 Å². The van der Waals surface area contributed by atoms with E-state index in [4.69, 9.17) is 17.0 Å². The third-order valence-electron chi connectivity index (χ3n) is 4.87. The molecule has 0 radical (unpaired) electrons. The molecule has 3 rings (SSSR count). The molecule has 0 spiro atoms. The van der Waals surface area contributed by atoms with Crippen LogP contribution in [0.2, 0.25) is 0 Å². The lowest BCUT2D eigenvalue weighted by Crippen LogP contribution is -2.41. The van der Waals surface area contributed by atoms with Crippen molar-refractivity contribution in [3.63, 3.8) is 0 Å². The Hall–Kier alpha value is -2.15. The Bertz CT molecular complexity index is 955. The third-order valence-corrected chi connectivity index (χ3v) is 6.35. The molecule has 1 aromatic heterocycles. The van der Waals surface area contributed by atoms with E-state index >= 15 is 0 Å². The van der Waals surface area contributed by atoms with E-state index < -0.39 is 0 Å². The van der Waals surface area contributed by atoms with E-state index in [2.05, 4.69) is 11.0 Å². The summed E-state index contributed by atoms with van der Waals surface area (Å²) in [6, 6.07) is 2.05. The van der Waals surface area contributed by atoms with Crippen molar-refractivity contribution in [1.29, 1.82) is 5.26 Å². The Labute approximate surface area is 173 Å². The maximum Gasteiger partial charge on any atom is 0.270 e. The number of nitriles is 1. The number of thiocarbonyl (C=S) groups is 1. The van der Waals surface area contributed by atoms with Gasteiger partial charge in [-0.1, -0.05) is 30.9 Å². The lowest BCUT2D eigenvalue weighted by molar-refractivity contribution is -0.121. The molecule has 3 heterocycles. The molecule has 9 heteroatoms. The predicted octanol–water partition coefficient (Wildman–Crippen LogP) is 2.11. The van der Waals surface area contributed by atoms with Crippen molar-refractivity contribution < 1.29 is 9.53 Å². The fraction of sp³-hybridized carbons (Fsp3) is 0.474. The molecule has 0 N–H and O–H groups in total. The second-order valence-corrected chi connectivity index (χ2v) is 8.32. The van der Waals surface area contributed by atoms with Crippen molar-refractivity contribution in [3.8, 4) is 6.07 Å². The fourth-order valence-corrected chi connectivity index (χ4v) is 4.53. The average molecular weight is 419 g/mol. The van der Waals surface area contributed by atoms with Crippen LogP contribution in [0.5, 0.6) is 0 Å². The summed E-state index contributed by atoms with van der Waals surface area (Å²) in [6.07, 6.45) is 2.52. The molecule has 0 bridgehead atoms. The molecular formula is C19H22N4O3S2. The Morgan fingerprint density at radius 3 is 2.54 bits per heavy atom. The van der Waals surface area contributed by atoms with Crippen LogP contribution in [-0.4, -0.2) is 53.0 Å². The molecule has 0 aliphatic carbocycles. The van der Waals surface area contributed by atoms with Crippen LogP contribution in [-0.2, 0) is 16.1 Å². The number of nitrogens with zero attached hydrogens (tertiary/aromatic N) is 4. The van der Waals surface area contributed by atoms with Crippen molar-refractivity contribution in [2.45, 2.75) is 26.8 Å². The van der Waals surface area contributed by atoms with Gasteiger partial charge in [-0.3, -0.25) is 19.1 Å². The number of amides is 1. The second kappa shape index (κ2) is 8.47. The number of hydrogen-bond acceptors (Lipinski definition) is 7. The molecule has 7 nitrogen and oxygen atoms in total. The third kappa shape index (κ3) is 3.60. The molecule has 1 amide bonds. The smallest absolute Gasteiger partial charge is 0.270 e. The molecule has 2 aliphatic rings. The number of pyridine rings is 1. The SMILES string of the molecule is CCCn1c(N2CCOCC2)c(/C=C2/SC(=S)N(C)C2=O)c(C)c(C#N)c1=O. The minimum Gasteiger partial charge on any atom is -0.378 e. The monoisotopic (exact) mass is 418 g/mol. The molecule has 2 saturated heterocycles. The highest BCUT2D eigenvalue weighted by Gasteiger charge is 2.31. The van der Waals surface area contributed by atoms with E-state index in [1.54, 1.807) is 24.6 Å². The van der Waals surface area contributed by atoms with Crippen molar-refractivity contribution in [2.24, 2.45) is 0 Å². The number of rotatable bonds is 4. The van der Waals surface area contributed by atoms with Crippen LogP contribution in [0.1, 0.15) is 30.0 Å². The minimum absolute atomic E-state index is 0.115. The Morgan fingerprint density at radius 2 is 2.00 bits per heavy atom. The van der Waals surface area contributed by atoms with E-state index in [0.717, 1.165) is 17.8 Å². The van der Waals surface area contributed by atoms with Gasteiger partial charge in [0.15, 0.2) is 0 Å². The molecule has 0 unspecified atom stereocenters. The van der Waals surface area contributed by atoms with Gasteiger partial charge in [-0.05, 0) is 25.0 Å². The van der Waals surface area contributed by atoms with Crippen molar-refractivity contribution in [2.75, 3.05) is 38.3 Å². The molecule has 0 aromatic carbocycles. The van der Waals surface area contributed by atoms with Gasteiger partial charge in [0.25, 0.3) is 11.5 Å². The molecule has 2 fully saturated rings. The quantitative estimate of drug-likeness (QED) is 0.547. The molecule has 0 saturated carbocycles. The number of anilines is 1.